The number of aryl methyl sites for hydroxylation is 1. The third-order valence-corrected chi connectivity index (χ3v) is 4.38. The minimum absolute atomic E-state index is 0. The number of benzene rings is 1. The molecule has 1 fully saturated rings. The van der Waals surface area contributed by atoms with Gasteiger partial charge in [-0.05, 0) is 19.4 Å². The summed E-state index contributed by atoms with van der Waals surface area (Å²) in [4.78, 5) is 7.74. The average Bonchev–Trinajstić information content (AvgIpc) is 2.54. The van der Waals surface area contributed by atoms with Gasteiger partial charge in [-0.3, -0.25) is 9.89 Å². The number of aliphatic imine (C=N–C) groups is 1. The summed E-state index contributed by atoms with van der Waals surface area (Å²) >= 11 is 0. The Morgan fingerprint density at radius 2 is 1.88 bits per heavy atom. The van der Waals surface area contributed by atoms with Crippen LogP contribution >= 0.6 is 24.0 Å². The monoisotopic (exact) mass is 470 g/mol. The van der Waals surface area contributed by atoms with E-state index in [1.807, 2.05) is 30.0 Å². The van der Waals surface area contributed by atoms with Crippen LogP contribution in [0.1, 0.15) is 18.1 Å². The van der Waals surface area contributed by atoms with Gasteiger partial charge in [0.05, 0.1) is 0 Å². The van der Waals surface area contributed by atoms with Gasteiger partial charge in [-0.2, -0.15) is 13.2 Å². The summed E-state index contributed by atoms with van der Waals surface area (Å²) in [6, 6.07) is 6.78. The van der Waals surface area contributed by atoms with Gasteiger partial charge in [-0.25, -0.2) is 0 Å². The van der Waals surface area contributed by atoms with Crippen LogP contribution in [-0.2, 0) is 6.54 Å². The molecule has 8 heteroatoms. The molecule has 1 saturated heterocycles. The molecule has 0 aromatic heterocycles. The molecule has 1 aliphatic rings. The minimum Gasteiger partial charge on any atom is -0.352 e. The van der Waals surface area contributed by atoms with E-state index in [0.29, 0.717) is 32.7 Å². The number of halogens is 4. The highest BCUT2D eigenvalue weighted by Gasteiger charge is 2.41. The molecule has 0 aliphatic carbocycles. The zero-order valence-corrected chi connectivity index (χ0v) is 17.1. The number of nitrogens with zero attached hydrogens (tertiary/aromatic N) is 3. The number of guanidine groups is 1. The molecule has 2 rings (SSSR count). The fourth-order valence-corrected chi connectivity index (χ4v) is 2.86. The van der Waals surface area contributed by atoms with Crippen molar-refractivity contribution in [2.45, 2.75) is 32.6 Å². The van der Waals surface area contributed by atoms with Gasteiger partial charge in [-0.1, -0.05) is 29.8 Å². The first kappa shape index (κ1) is 22.0. The largest absolute Gasteiger partial charge is 0.403 e. The predicted octanol–water partition coefficient (Wildman–Crippen LogP) is 3.26. The van der Waals surface area contributed by atoms with Gasteiger partial charge < -0.3 is 10.2 Å². The van der Waals surface area contributed by atoms with Crippen LogP contribution in [0.5, 0.6) is 0 Å². The van der Waals surface area contributed by atoms with Crippen LogP contribution in [0.15, 0.2) is 29.3 Å². The molecule has 1 heterocycles. The number of hydrogen-bond acceptors (Lipinski definition) is 2. The van der Waals surface area contributed by atoms with Crippen molar-refractivity contribution in [1.82, 2.24) is 15.1 Å². The lowest BCUT2D eigenvalue weighted by atomic mass is 10.1. The molecule has 0 radical (unpaired) electrons. The van der Waals surface area contributed by atoms with E-state index < -0.39 is 12.2 Å². The molecule has 25 heavy (non-hydrogen) atoms. The van der Waals surface area contributed by atoms with E-state index in [4.69, 9.17) is 0 Å². The Kier molecular flexibility index (Phi) is 8.46. The van der Waals surface area contributed by atoms with Crippen molar-refractivity contribution < 1.29 is 13.2 Å². The molecule has 1 atom stereocenters. The van der Waals surface area contributed by atoms with Crippen molar-refractivity contribution in [1.29, 1.82) is 0 Å². The third kappa shape index (κ3) is 6.32. The molecular formula is C17H26F3IN4. The standard InChI is InChI=1S/C17H25F3N4.HI/c1-13-5-4-6-15(11-13)12-22-16(21-3)24-9-7-23(8-10-24)14(2)17(18,19)20;/h4-6,11,14H,7-10,12H2,1-3H3,(H,21,22);1H. The molecule has 1 aliphatic heterocycles. The number of nitrogens with one attached hydrogen (secondary N) is 1. The lowest BCUT2D eigenvalue weighted by Crippen LogP contribution is -2.56. The van der Waals surface area contributed by atoms with Gasteiger partial charge in [0.25, 0.3) is 0 Å². The first-order valence-electron chi connectivity index (χ1n) is 8.13. The highest BCUT2D eigenvalue weighted by molar-refractivity contribution is 14.0. The normalized spacial score (nSPS) is 17.8. The van der Waals surface area contributed by atoms with Crippen LogP contribution in [-0.4, -0.2) is 61.2 Å². The molecule has 1 aromatic rings. The number of rotatable bonds is 3. The summed E-state index contributed by atoms with van der Waals surface area (Å²) in [6.45, 7) is 5.74. The van der Waals surface area contributed by atoms with Crippen molar-refractivity contribution in [3.8, 4) is 0 Å². The maximum Gasteiger partial charge on any atom is 0.403 e. The summed E-state index contributed by atoms with van der Waals surface area (Å²) in [5.74, 6) is 0.732. The van der Waals surface area contributed by atoms with Crippen LogP contribution in [0.25, 0.3) is 0 Å². The van der Waals surface area contributed by atoms with Crippen molar-refractivity contribution in [3.05, 3.63) is 35.4 Å². The second kappa shape index (κ2) is 9.61. The molecule has 0 saturated carbocycles. The van der Waals surface area contributed by atoms with Crippen LogP contribution in [0.2, 0.25) is 0 Å². The van der Waals surface area contributed by atoms with Gasteiger partial charge in [0.2, 0.25) is 0 Å². The van der Waals surface area contributed by atoms with Crippen LogP contribution in [0.4, 0.5) is 13.2 Å². The summed E-state index contributed by atoms with van der Waals surface area (Å²) < 4.78 is 38.4. The molecule has 142 valence electrons. The molecule has 1 N–H and O–H groups in total. The zero-order valence-electron chi connectivity index (χ0n) is 14.8. The first-order valence-corrected chi connectivity index (χ1v) is 8.13. The third-order valence-electron chi connectivity index (χ3n) is 4.38. The Bertz CT molecular complexity index is 569. The van der Waals surface area contributed by atoms with Crippen molar-refractivity contribution in [2.24, 2.45) is 4.99 Å². The van der Waals surface area contributed by atoms with Crippen molar-refractivity contribution >= 4 is 29.9 Å². The van der Waals surface area contributed by atoms with E-state index >= 15 is 0 Å². The molecular weight excluding hydrogens is 444 g/mol. The maximum absolute atomic E-state index is 12.8. The zero-order chi connectivity index (χ0) is 17.7. The molecule has 0 bridgehead atoms. The van der Waals surface area contributed by atoms with E-state index in [1.54, 1.807) is 7.05 Å². The summed E-state index contributed by atoms with van der Waals surface area (Å²) in [6.07, 6.45) is -4.17. The highest BCUT2D eigenvalue weighted by Crippen LogP contribution is 2.25. The fourth-order valence-electron chi connectivity index (χ4n) is 2.86. The second-order valence-electron chi connectivity index (χ2n) is 6.13. The molecule has 0 spiro atoms. The van der Waals surface area contributed by atoms with E-state index in [-0.39, 0.29) is 24.0 Å². The number of piperazine rings is 1. The van der Waals surface area contributed by atoms with E-state index in [0.717, 1.165) is 11.5 Å². The molecule has 1 unspecified atom stereocenters. The summed E-state index contributed by atoms with van der Waals surface area (Å²) in [5, 5.41) is 3.29. The Balaban J connectivity index is 0.00000312. The van der Waals surface area contributed by atoms with Gasteiger partial charge in [0.15, 0.2) is 5.96 Å². The molecule has 4 nitrogen and oxygen atoms in total. The van der Waals surface area contributed by atoms with Gasteiger partial charge in [0, 0.05) is 39.8 Å². The predicted molar refractivity (Wildman–Crippen MR) is 105 cm³/mol. The topological polar surface area (TPSA) is 30.9 Å². The number of alkyl halides is 3. The first-order chi connectivity index (χ1) is 11.3. The Labute approximate surface area is 164 Å². The molecule has 1 aromatic carbocycles. The molecule has 0 amide bonds. The second-order valence-corrected chi connectivity index (χ2v) is 6.13. The average molecular weight is 470 g/mol. The maximum atomic E-state index is 12.8. The Morgan fingerprint density at radius 1 is 1.24 bits per heavy atom. The van der Waals surface area contributed by atoms with Crippen molar-refractivity contribution in [2.75, 3.05) is 33.2 Å². The smallest absolute Gasteiger partial charge is 0.352 e. The lowest BCUT2D eigenvalue weighted by Gasteiger charge is -2.39. The fraction of sp³-hybridized carbons (Fsp3) is 0.588. The summed E-state index contributed by atoms with van der Waals surface area (Å²) in [5.41, 5.74) is 2.35. The van der Waals surface area contributed by atoms with Crippen LogP contribution in [0, 0.1) is 6.92 Å². The summed E-state index contributed by atoms with van der Waals surface area (Å²) in [7, 11) is 1.70. The quantitative estimate of drug-likeness (QED) is 0.418. The number of hydrogen-bond donors (Lipinski definition) is 1. The minimum atomic E-state index is -4.17. The lowest BCUT2D eigenvalue weighted by molar-refractivity contribution is -0.181. The van der Waals surface area contributed by atoms with Crippen LogP contribution in [0.3, 0.4) is 0 Å². The van der Waals surface area contributed by atoms with E-state index in [2.05, 4.69) is 16.4 Å². The Morgan fingerprint density at radius 3 is 2.40 bits per heavy atom. The van der Waals surface area contributed by atoms with E-state index in [1.165, 1.54) is 17.4 Å². The van der Waals surface area contributed by atoms with Crippen molar-refractivity contribution in [3.63, 3.8) is 0 Å². The van der Waals surface area contributed by atoms with Gasteiger partial charge in [-0.15, -0.1) is 24.0 Å². The van der Waals surface area contributed by atoms with E-state index in [9.17, 15) is 13.2 Å². The highest BCUT2D eigenvalue weighted by atomic mass is 127. The van der Waals surface area contributed by atoms with Gasteiger partial charge >= 0.3 is 6.18 Å². The van der Waals surface area contributed by atoms with Crippen LogP contribution < -0.4 is 5.32 Å². The Hall–Kier alpha value is -1.03. The van der Waals surface area contributed by atoms with Gasteiger partial charge in [0.1, 0.15) is 6.04 Å². The SMILES string of the molecule is CN=C(NCc1cccc(C)c1)N1CCN(C(C)C(F)(F)F)CC1.I.